The molecule has 6 heteroatoms. The molecule has 0 unspecified atom stereocenters. The third-order valence-electron chi connectivity index (χ3n) is 3.82. The SMILES string of the molecule is CCN(CC)c1nc(N)nc(N2CCCC2(C)C)n1. The summed E-state index contributed by atoms with van der Waals surface area (Å²) in [5.74, 6) is 1.68. The van der Waals surface area contributed by atoms with Gasteiger partial charge in [0.2, 0.25) is 17.8 Å². The van der Waals surface area contributed by atoms with Gasteiger partial charge in [0, 0.05) is 25.2 Å². The summed E-state index contributed by atoms with van der Waals surface area (Å²) in [7, 11) is 0. The molecule has 0 radical (unpaired) electrons. The van der Waals surface area contributed by atoms with Crippen molar-refractivity contribution < 1.29 is 0 Å². The summed E-state index contributed by atoms with van der Waals surface area (Å²) in [5, 5.41) is 0. The minimum atomic E-state index is 0.0916. The Morgan fingerprint density at radius 2 is 1.89 bits per heavy atom. The Morgan fingerprint density at radius 1 is 1.21 bits per heavy atom. The maximum Gasteiger partial charge on any atom is 0.232 e. The topological polar surface area (TPSA) is 71.2 Å². The highest BCUT2D eigenvalue weighted by Gasteiger charge is 2.34. The number of nitrogens with zero attached hydrogens (tertiary/aromatic N) is 5. The summed E-state index contributed by atoms with van der Waals surface area (Å²) in [6.45, 7) is 11.3. The van der Waals surface area contributed by atoms with Crippen LogP contribution in [0.3, 0.4) is 0 Å². The maximum atomic E-state index is 5.85. The summed E-state index contributed by atoms with van der Waals surface area (Å²) >= 11 is 0. The Morgan fingerprint density at radius 3 is 2.42 bits per heavy atom. The van der Waals surface area contributed by atoms with Gasteiger partial charge in [0.25, 0.3) is 0 Å². The first kappa shape index (κ1) is 13.8. The van der Waals surface area contributed by atoms with Crippen molar-refractivity contribution in [1.29, 1.82) is 0 Å². The van der Waals surface area contributed by atoms with Gasteiger partial charge in [-0.15, -0.1) is 0 Å². The van der Waals surface area contributed by atoms with Gasteiger partial charge in [0.15, 0.2) is 0 Å². The molecule has 106 valence electrons. The van der Waals surface area contributed by atoms with Crippen molar-refractivity contribution in [2.24, 2.45) is 0 Å². The van der Waals surface area contributed by atoms with Gasteiger partial charge in [0.05, 0.1) is 0 Å². The van der Waals surface area contributed by atoms with E-state index in [1.807, 2.05) is 0 Å². The monoisotopic (exact) mass is 264 g/mol. The van der Waals surface area contributed by atoms with Crippen molar-refractivity contribution in [3.8, 4) is 0 Å². The second-order valence-corrected chi connectivity index (χ2v) is 5.53. The summed E-state index contributed by atoms with van der Waals surface area (Å²) in [4.78, 5) is 17.5. The van der Waals surface area contributed by atoms with Crippen LogP contribution < -0.4 is 15.5 Å². The largest absolute Gasteiger partial charge is 0.368 e. The molecule has 1 aliphatic rings. The van der Waals surface area contributed by atoms with Gasteiger partial charge in [-0.05, 0) is 40.5 Å². The molecule has 2 N–H and O–H groups in total. The zero-order valence-corrected chi connectivity index (χ0v) is 12.3. The number of nitrogens with two attached hydrogens (primary N) is 1. The van der Waals surface area contributed by atoms with Crippen LogP contribution in [-0.4, -0.2) is 40.1 Å². The normalized spacial score (nSPS) is 17.8. The highest BCUT2D eigenvalue weighted by Crippen LogP contribution is 2.32. The van der Waals surface area contributed by atoms with E-state index in [2.05, 4.69) is 52.4 Å². The molecule has 0 spiro atoms. The van der Waals surface area contributed by atoms with Gasteiger partial charge in [-0.1, -0.05) is 0 Å². The third kappa shape index (κ3) is 2.72. The average Bonchev–Trinajstić information content (AvgIpc) is 2.70. The first-order chi connectivity index (χ1) is 8.97. The second kappa shape index (κ2) is 5.19. The molecule has 0 bridgehead atoms. The van der Waals surface area contributed by atoms with Gasteiger partial charge in [-0.25, -0.2) is 0 Å². The smallest absolute Gasteiger partial charge is 0.232 e. The molecule has 2 heterocycles. The number of hydrogen-bond acceptors (Lipinski definition) is 6. The van der Waals surface area contributed by atoms with Gasteiger partial charge in [-0.3, -0.25) is 0 Å². The lowest BCUT2D eigenvalue weighted by Gasteiger charge is -2.32. The minimum absolute atomic E-state index is 0.0916. The molecule has 2 rings (SSSR count). The van der Waals surface area contributed by atoms with Crippen LogP contribution in [0.15, 0.2) is 0 Å². The lowest BCUT2D eigenvalue weighted by Crippen LogP contribution is -2.40. The molecule has 0 atom stereocenters. The van der Waals surface area contributed by atoms with Gasteiger partial charge in [0.1, 0.15) is 0 Å². The molecule has 1 aromatic heterocycles. The number of anilines is 3. The fourth-order valence-electron chi connectivity index (χ4n) is 2.62. The highest BCUT2D eigenvalue weighted by molar-refractivity contribution is 5.45. The maximum absolute atomic E-state index is 5.85. The number of aromatic nitrogens is 3. The van der Waals surface area contributed by atoms with Crippen LogP contribution in [0.2, 0.25) is 0 Å². The predicted molar refractivity (Wildman–Crippen MR) is 78.5 cm³/mol. The molecule has 0 saturated carbocycles. The van der Waals surface area contributed by atoms with E-state index in [1.54, 1.807) is 0 Å². The second-order valence-electron chi connectivity index (χ2n) is 5.53. The molecule has 0 aliphatic carbocycles. The van der Waals surface area contributed by atoms with E-state index in [-0.39, 0.29) is 5.54 Å². The van der Waals surface area contributed by atoms with E-state index < -0.39 is 0 Å². The summed E-state index contributed by atoms with van der Waals surface area (Å²) in [6, 6.07) is 0. The molecular formula is C13H24N6. The molecule has 19 heavy (non-hydrogen) atoms. The van der Waals surface area contributed by atoms with E-state index in [4.69, 9.17) is 5.73 Å². The van der Waals surface area contributed by atoms with Gasteiger partial charge >= 0.3 is 0 Å². The van der Waals surface area contributed by atoms with Crippen LogP contribution in [0, 0.1) is 0 Å². The lowest BCUT2D eigenvalue weighted by molar-refractivity contribution is 0.509. The van der Waals surface area contributed by atoms with E-state index in [1.165, 1.54) is 6.42 Å². The van der Waals surface area contributed by atoms with E-state index in [0.29, 0.717) is 17.8 Å². The third-order valence-corrected chi connectivity index (χ3v) is 3.82. The quantitative estimate of drug-likeness (QED) is 0.892. The number of nitrogen functional groups attached to an aromatic ring is 1. The Bertz CT molecular complexity index is 441. The van der Waals surface area contributed by atoms with Crippen molar-refractivity contribution in [3.05, 3.63) is 0 Å². The highest BCUT2D eigenvalue weighted by atomic mass is 15.4. The van der Waals surface area contributed by atoms with Crippen molar-refractivity contribution in [3.63, 3.8) is 0 Å². The molecule has 0 aromatic carbocycles. The number of rotatable bonds is 4. The van der Waals surface area contributed by atoms with Crippen LogP contribution in [-0.2, 0) is 0 Å². The minimum Gasteiger partial charge on any atom is -0.368 e. The van der Waals surface area contributed by atoms with Gasteiger partial charge in [-0.2, -0.15) is 15.0 Å². The van der Waals surface area contributed by atoms with Crippen LogP contribution >= 0.6 is 0 Å². The van der Waals surface area contributed by atoms with Crippen molar-refractivity contribution in [2.75, 3.05) is 35.2 Å². The van der Waals surface area contributed by atoms with Crippen molar-refractivity contribution in [1.82, 2.24) is 15.0 Å². The summed E-state index contributed by atoms with van der Waals surface area (Å²) < 4.78 is 0. The fourth-order valence-corrected chi connectivity index (χ4v) is 2.62. The summed E-state index contributed by atoms with van der Waals surface area (Å²) in [6.07, 6.45) is 2.32. The average molecular weight is 264 g/mol. The first-order valence-electron chi connectivity index (χ1n) is 7.02. The summed E-state index contributed by atoms with van der Waals surface area (Å²) in [5.41, 5.74) is 5.94. The standard InChI is InChI=1S/C13H24N6/c1-5-18(6-2)11-15-10(14)16-12(17-11)19-9-7-8-13(19,3)4/h5-9H2,1-4H3,(H2,14,15,16,17). The van der Waals surface area contributed by atoms with Crippen molar-refractivity contribution >= 4 is 17.8 Å². The molecular weight excluding hydrogens is 240 g/mol. The molecule has 1 aliphatic heterocycles. The zero-order chi connectivity index (χ0) is 14.0. The van der Waals surface area contributed by atoms with E-state index in [9.17, 15) is 0 Å². The predicted octanol–water partition coefficient (Wildman–Crippen LogP) is 1.68. The zero-order valence-electron chi connectivity index (χ0n) is 12.3. The van der Waals surface area contributed by atoms with Crippen LogP contribution in [0.25, 0.3) is 0 Å². The molecule has 6 nitrogen and oxygen atoms in total. The van der Waals surface area contributed by atoms with E-state index >= 15 is 0 Å². The Balaban J connectivity index is 2.36. The molecule has 1 fully saturated rings. The molecule has 1 aromatic rings. The van der Waals surface area contributed by atoms with Gasteiger partial charge < -0.3 is 15.5 Å². The molecule has 0 amide bonds. The van der Waals surface area contributed by atoms with Crippen LogP contribution in [0.1, 0.15) is 40.5 Å². The Kier molecular flexibility index (Phi) is 3.78. The van der Waals surface area contributed by atoms with Crippen LogP contribution in [0.4, 0.5) is 17.8 Å². The first-order valence-corrected chi connectivity index (χ1v) is 7.02. The molecule has 1 saturated heterocycles. The van der Waals surface area contributed by atoms with Crippen molar-refractivity contribution in [2.45, 2.75) is 46.1 Å². The number of hydrogen-bond donors (Lipinski definition) is 1. The Labute approximate surface area is 115 Å². The van der Waals surface area contributed by atoms with E-state index in [0.717, 1.165) is 26.1 Å². The van der Waals surface area contributed by atoms with Crippen LogP contribution in [0.5, 0.6) is 0 Å². The lowest BCUT2D eigenvalue weighted by atomic mass is 10.0. The fraction of sp³-hybridized carbons (Fsp3) is 0.769. The Hall–Kier alpha value is -1.59.